The van der Waals surface area contributed by atoms with Gasteiger partial charge in [-0.2, -0.15) is 5.10 Å². The van der Waals surface area contributed by atoms with Gasteiger partial charge in [-0.1, -0.05) is 0 Å². The number of carbonyl (C=O) groups excluding carboxylic acids is 2. The zero-order chi connectivity index (χ0) is 19.6. The average molecular weight is 373 g/mol. The molecule has 27 heavy (non-hydrogen) atoms. The first kappa shape index (κ1) is 19.0. The normalized spacial score (nSPS) is 15.0. The lowest BCUT2D eigenvalue weighted by Crippen LogP contribution is -2.50. The second-order valence-electron chi connectivity index (χ2n) is 6.79. The van der Waals surface area contributed by atoms with Gasteiger partial charge in [0.25, 0.3) is 5.91 Å². The van der Waals surface area contributed by atoms with Gasteiger partial charge in [0.1, 0.15) is 5.82 Å². The summed E-state index contributed by atoms with van der Waals surface area (Å²) in [6.45, 7) is 6.36. The molecule has 3 rings (SSSR count). The van der Waals surface area contributed by atoms with Gasteiger partial charge >= 0.3 is 0 Å². The fourth-order valence-corrected chi connectivity index (χ4v) is 3.29. The Morgan fingerprint density at radius 2 is 1.74 bits per heavy atom. The van der Waals surface area contributed by atoms with Crippen molar-refractivity contribution in [2.75, 3.05) is 38.0 Å². The molecule has 0 saturated carbocycles. The number of aryl methyl sites for hydroxylation is 2. The van der Waals surface area contributed by atoms with E-state index in [-0.39, 0.29) is 24.2 Å². The molecular formula is C19H24FN5O2. The van der Waals surface area contributed by atoms with E-state index in [1.807, 2.05) is 30.7 Å². The van der Waals surface area contributed by atoms with Crippen molar-refractivity contribution in [2.24, 2.45) is 7.05 Å². The highest BCUT2D eigenvalue weighted by atomic mass is 19.1. The summed E-state index contributed by atoms with van der Waals surface area (Å²) in [5, 5.41) is 7.06. The Hall–Kier alpha value is -2.74. The molecule has 1 aromatic heterocycles. The van der Waals surface area contributed by atoms with Gasteiger partial charge in [-0.3, -0.25) is 19.2 Å². The van der Waals surface area contributed by atoms with Crippen LogP contribution in [0.4, 0.5) is 10.1 Å². The van der Waals surface area contributed by atoms with Crippen LogP contribution in [0.5, 0.6) is 0 Å². The number of amides is 2. The molecule has 8 heteroatoms. The minimum Gasteiger partial charge on any atom is -0.336 e. The number of carbonyl (C=O) groups is 2. The number of aromatic nitrogens is 2. The van der Waals surface area contributed by atoms with Gasteiger partial charge in [0.15, 0.2) is 0 Å². The maximum Gasteiger partial charge on any atom is 0.257 e. The number of hydrogen-bond acceptors (Lipinski definition) is 4. The summed E-state index contributed by atoms with van der Waals surface area (Å²) in [4.78, 5) is 28.8. The molecule has 0 unspecified atom stereocenters. The predicted molar refractivity (Wildman–Crippen MR) is 100 cm³/mol. The molecule has 1 aliphatic rings. The molecule has 1 fully saturated rings. The third-order valence-corrected chi connectivity index (χ3v) is 4.88. The molecule has 0 aliphatic carbocycles. The minimum atomic E-state index is -0.340. The number of piperazine rings is 1. The number of nitrogens with one attached hydrogen (secondary N) is 1. The molecule has 0 radical (unpaired) electrons. The lowest BCUT2D eigenvalue weighted by molar-refractivity contribution is -0.117. The molecule has 1 aromatic carbocycles. The standard InChI is InChI=1S/C19H24FN5O2/c1-13-18(14(2)23(3)22-13)19(27)25-10-8-24(9-11-25)12-17(26)21-16-6-4-15(20)5-7-16/h4-7H,8-12H2,1-3H3,(H,21,26). The molecule has 0 bridgehead atoms. The molecule has 144 valence electrons. The molecule has 7 nitrogen and oxygen atoms in total. The molecule has 1 N–H and O–H groups in total. The zero-order valence-corrected chi connectivity index (χ0v) is 15.8. The Bertz CT molecular complexity index is 839. The van der Waals surface area contributed by atoms with E-state index < -0.39 is 0 Å². The molecule has 2 aromatic rings. The first-order valence-corrected chi connectivity index (χ1v) is 8.92. The van der Waals surface area contributed by atoms with Gasteiger partial charge in [0.2, 0.25) is 5.91 Å². The monoisotopic (exact) mass is 373 g/mol. The Balaban J connectivity index is 1.52. The van der Waals surface area contributed by atoms with Crippen molar-refractivity contribution >= 4 is 17.5 Å². The van der Waals surface area contributed by atoms with Crippen LogP contribution in [-0.4, -0.2) is 64.1 Å². The van der Waals surface area contributed by atoms with Crippen molar-refractivity contribution in [2.45, 2.75) is 13.8 Å². The Morgan fingerprint density at radius 3 is 2.30 bits per heavy atom. The summed E-state index contributed by atoms with van der Waals surface area (Å²) < 4.78 is 14.6. The van der Waals surface area contributed by atoms with E-state index in [9.17, 15) is 14.0 Å². The van der Waals surface area contributed by atoms with Crippen LogP contribution in [0, 0.1) is 19.7 Å². The fourth-order valence-electron chi connectivity index (χ4n) is 3.29. The van der Waals surface area contributed by atoms with Gasteiger partial charge in [-0.05, 0) is 38.1 Å². The lowest BCUT2D eigenvalue weighted by atomic mass is 10.1. The van der Waals surface area contributed by atoms with Gasteiger partial charge < -0.3 is 10.2 Å². The minimum absolute atomic E-state index is 0.00601. The SMILES string of the molecule is Cc1nn(C)c(C)c1C(=O)N1CCN(CC(=O)Nc2ccc(F)cc2)CC1. The quantitative estimate of drug-likeness (QED) is 0.883. The number of nitrogens with zero attached hydrogens (tertiary/aromatic N) is 4. The molecule has 0 atom stereocenters. The predicted octanol–water partition coefficient (Wildman–Crippen LogP) is 1.57. The molecule has 1 saturated heterocycles. The van der Waals surface area contributed by atoms with Crippen molar-refractivity contribution < 1.29 is 14.0 Å². The van der Waals surface area contributed by atoms with Crippen LogP contribution in [0.25, 0.3) is 0 Å². The highest BCUT2D eigenvalue weighted by molar-refractivity contribution is 5.96. The van der Waals surface area contributed by atoms with E-state index in [1.165, 1.54) is 24.3 Å². The van der Waals surface area contributed by atoms with E-state index in [1.54, 1.807) is 4.68 Å². The van der Waals surface area contributed by atoms with Crippen molar-refractivity contribution in [3.05, 3.63) is 47.0 Å². The largest absolute Gasteiger partial charge is 0.336 e. The zero-order valence-electron chi connectivity index (χ0n) is 15.8. The third-order valence-electron chi connectivity index (χ3n) is 4.88. The van der Waals surface area contributed by atoms with Gasteiger partial charge in [-0.25, -0.2) is 4.39 Å². The van der Waals surface area contributed by atoms with E-state index in [0.29, 0.717) is 37.4 Å². The van der Waals surface area contributed by atoms with E-state index >= 15 is 0 Å². The molecule has 1 aliphatic heterocycles. The smallest absolute Gasteiger partial charge is 0.257 e. The van der Waals surface area contributed by atoms with Crippen LogP contribution in [0.1, 0.15) is 21.7 Å². The van der Waals surface area contributed by atoms with Crippen molar-refractivity contribution in [1.29, 1.82) is 0 Å². The molecule has 2 amide bonds. The van der Waals surface area contributed by atoms with E-state index in [4.69, 9.17) is 0 Å². The van der Waals surface area contributed by atoms with Crippen LogP contribution >= 0.6 is 0 Å². The van der Waals surface area contributed by atoms with Crippen LogP contribution in [-0.2, 0) is 11.8 Å². The number of hydrogen-bond donors (Lipinski definition) is 1. The van der Waals surface area contributed by atoms with Crippen LogP contribution in [0.15, 0.2) is 24.3 Å². The van der Waals surface area contributed by atoms with Crippen molar-refractivity contribution in [1.82, 2.24) is 19.6 Å². The van der Waals surface area contributed by atoms with Crippen LogP contribution < -0.4 is 5.32 Å². The third kappa shape index (κ3) is 4.33. The fraction of sp³-hybridized carbons (Fsp3) is 0.421. The Kier molecular flexibility index (Phi) is 5.55. The lowest BCUT2D eigenvalue weighted by Gasteiger charge is -2.34. The average Bonchev–Trinajstić information content (AvgIpc) is 2.89. The van der Waals surface area contributed by atoms with Gasteiger partial charge in [-0.15, -0.1) is 0 Å². The number of anilines is 1. The Labute approximate surface area is 157 Å². The second kappa shape index (κ2) is 7.87. The second-order valence-corrected chi connectivity index (χ2v) is 6.79. The van der Waals surface area contributed by atoms with Crippen molar-refractivity contribution in [3.8, 4) is 0 Å². The molecule has 2 heterocycles. The summed E-state index contributed by atoms with van der Waals surface area (Å²) in [5.41, 5.74) is 2.83. The maximum absolute atomic E-state index is 12.9. The number of benzene rings is 1. The maximum atomic E-state index is 12.9. The van der Waals surface area contributed by atoms with Gasteiger partial charge in [0, 0.05) is 44.6 Å². The van der Waals surface area contributed by atoms with E-state index in [2.05, 4.69) is 10.4 Å². The summed E-state index contributed by atoms with van der Waals surface area (Å²) in [6.07, 6.45) is 0. The Morgan fingerprint density at radius 1 is 1.11 bits per heavy atom. The first-order valence-electron chi connectivity index (χ1n) is 8.92. The molecule has 0 spiro atoms. The number of rotatable bonds is 4. The van der Waals surface area contributed by atoms with Crippen LogP contribution in [0.2, 0.25) is 0 Å². The number of halogens is 1. The van der Waals surface area contributed by atoms with Crippen molar-refractivity contribution in [3.63, 3.8) is 0 Å². The first-order chi connectivity index (χ1) is 12.8. The van der Waals surface area contributed by atoms with Crippen LogP contribution in [0.3, 0.4) is 0 Å². The van der Waals surface area contributed by atoms with Gasteiger partial charge in [0.05, 0.1) is 17.8 Å². The topological polar surface area (TPSA) is 70.5 Å². The highest BCUT2D eigenvalue weighted by Crippen LogP contribution is 2.16. The summed E-state index contributed by atoms with van der Waals surface area (Å²) in [7, 11) is 1.83. The summed E-state index contributed by atoms with van der Waals surface area (Å²) in [5.74, 6) is -0.498. The molecular weight excluding hydrogens is 349 g/mol. The highest BCUT2D eigenvalue weighted by Gasteiger charge is 2.27. The summed E-state index contributed by atoms with van der Waals surface area (Å²) >= 11 is 0. The summed E-state index contributed by atoms with van der Waals surface area (Å²) in [6, 6.07) is 5.68. The van der Waals surface area contributed by atoms with E-state index in [0.717, 1.165) is 11.4 Å².